The van der Waals surface area contributed by atoms with E-state index in [1.807, 2.05) is 18.3 Å². The Morgan fingerprint density at radius 3 is 2.96 bits per heavy atom. The second kappa shape index (κ2) is 7.74. The van der Waals surface area contributed by atoms with Crippen molar-refractivity contribution in [3.8, 4) is 0 Å². The van der Waals surface area contributed by atoms with Gasteiger partial charge in [0.1, 0.15) is 11.5 Å². The quantitative estimate of drug-likeness (QED) is 0.470. The summed E-state index contributed by atoms with van der Waals surface area (Å²) < 4.78 is 5.20. The van der Waals surface area contributed by atoms with E-state index in [1.54, 1.807) is 30.7 Å². The van der Waals surface area contributed by atoms with Crippen molar-refractivity contribution in [3.05, 3.63) is 78.1 Å². The Morgan fingerprint density at radius 1 is 1.15 bits per heavy atom. The van der Waals surface area contributed by atoms with Crippen molar-refractivity contribution < 1.29 is 9.21 Å². The molecule has 0 aliphatic heterocycles. The summed E-state index contributed by atoms with van der Waals surface area (Å²) in [4.78, 5) is 24.0. The van der Waals surface area contributed by atoms with Gasteiger partial charge in [0.15, 0.2) is 0 Å². The van der Waals surface area contributed by atoms with Gasteiger partial charge in [-0.1, -0.05) is 18.2 Å². The number of aromatic nitrogens is 3. The van der Waals surface area contributed by atoms with Crippen molar-refractivity contribution in [3.63, 3.8) is 0 Å². The topological polar surface area (TPSA) is 95.8 Å². The third-order valence-corrected chi connectivity index (χ3v) is 4.24. The van der Waals surface area contributed by atoms with E-state index in [0.29, 0.717) is 30.5 Å². The third kappa shape index (κ3) is 3.98. The van der Waals surface area contributed by atoms with Crippen LogP contribution in [0.5, 0.6) is 0 Å². The van der Waals surface area contributed by atoms with E-state index in [9.17, 15) is 4.79 Å². The molecule has 0 bridgehead atoms. The number of hydrogen-bond donors (Lipinski definition) is 3. The predicted molar refractivity (Wildman–Crippen MR) is 102 cm³/mol. The molecule has 1 amide bonds. The summed E-state index contributed by atoms with van der Waals surface area (Å²) in [7, 11) is 0. The minimum Gasteiger partial charge on any atom is -0.467 e. The van der Waals surface area contributed by atoms with Gasteiger partial charge in [0, 0.05) is 29.8 Å². The average molecular weight is 361 g/mol. The lowest BCUT2D eigenvalue weighted by Gasteiger charge is -2.07. The lowest BCUT2D eigenvalue weighted by Crippen LogP contribution is -2.24. The molecule has 0 radical (unpaired) electrons. The molecule has 136 valence electrons. The molecule has 0 unspecified atom stereocenters. The first kappa shape index (κ1) is 16.8. The van der Waals surface area contributed by atoms with Crippen LogP contribution in [0.15, 0.2) is 65.5 Å². The van der Waals surface area contributed by atoms with E-state index in [2.05, 4.69) is 37.7 Å². The minimum absolute atomic E-state index is 0.270. The Kier molecular flexibility index (Phi) is 4.82. The highest BCUT2D eigenvalue weighted by Crippen LogP contribution is 2.18. The van der Waals surface area contributed by atoms with Crippen LogP contribution in [0.3, 0.4) is 0 Å². The number of anilines is 1. The zero-order valence-corrected chi connectivity index (χ0v) is 14.6. The molecule has 0 spiro atoms. The summed E-state index contributed by atoms with van der Waals surface area (Å²) in [5.74, 6) is 0.850. The van der Waals surface area contributed by atoms with Crippen LogP contribution in [-0.2, 0) is 13.0 Å². The molecule has 4 rings (SSSR count). The monoisotopic (exact) mass is 361 g/mol. The summed E-state index contributed by atoms with van der Waals surface area (Å²) in [5, 5.41) is 7.16. The number of nitrogens with one attached hydrogen (secondary N) is 3. The highest BCUT2D eigenvalue weighted by molar-refractivity contribution is 5.92. The number of H-pyrrole nitrogens is 1. The number of nitrogens with zero attached hydrogens (tertiary/aromatic N) is 2. The largest absolute Gasteiger partial charge is 0.467 e. The Morgan fingerprint density at radius 2 is 2.07 bits per heavy atom. The van der Waals surface area contributed by atoms with E-state index in [1.165, 1.54) is 10.9 Å². The molecular weight excluding hydrogens is 342 g/mol. The van der Waals surface area contributed by atoms with Gasteiger partial charge in [0.05, 0.1) is 12.8 Å². The average Bonchev–Trinajstić information content (AvgIpc) is 3.37. The summed E-state index contributed by atoms with van der Waals surface area (Å²) in [6, 6.07) is 13.4. The molecule has 4 aromatic rings. The fourth-order valence-corrected chi connectivity index (χ4v) is 2.89. The van der Waals surface area contributed by atoms with Crippen molar-refractivity contribution in [1.82, 2.24) is 20.3 Å². The predicted octanol–water partition coefficient (Wildman–Crippen LogP) is 3.14. The molecule has 0 fully saturated rings. The number of carbonyl (C=O) groups is 1. The summed E-state index contributed by atoms with van der Waals surface area (Å²) in [6.07, 6.45) is 5.98. The van der Waals surface area contributed by atoms with Gasteiger partial charge in [-0.15, -0.1) is 0 Å². The van der Waals surface area contributed by atoms with Gasteiger partial charge < -0.3 is 20.0 Å². The van der Waals surface area contributed by atoms with Crippen LogP contribution in [0.2, 0.25) is 0 Å². The Balaban J connectivity index is 1.34. The number of carbonyl (C=O) groups excluding carboxylic acids is 1. The smallest absolute Gasteiger partial charge is 0.270 e. The fraction of sp³-hybridized carbons (Fsp3) is 0.150. The van der Waals surface area contributed by atoms with Gasteiger partial charge in [-0.3, -0.25) is 4.79 Å². The van der Waals surface area contributed by atoms with Crippen LogP contribution in [0.4, 0.5) is 5.95 Å². The van der Waals surface area contributed by atoms with Gasteiger partial charge >= 0.3 is 0 Å². The number of benzene rings is 1. The van der Waals surface area contributed by atoms with E-state index < -0.39 is 0 Å². The third-order valence-electron chi connectivity index (χ3n) is 4.24. The first-order valence-corrected chi connectivity index (χ1v) is 8.72. The zero-order valence-electron chi connectivity index (χ0n) is 14.6. The maximum atomic E-state index is 12.2. The molecule has 0 saturated heterocycles. The lowest BCUT2D eigenvalue weighted by atomic mass is 10.1. The van der Waals surface area contributed by atoms with Crippen LogP contribution < -0.4 is 10.6 Å². The fourth-order valence-electron chi connectivity index (χ4n) is 2.89. The van der Waals surface area contributed by atoms with Gasteiger partial charge in [-0.2, -0.15) is 0 Å². The van der Waals surface area contributed by atoms with Crippen molar-refractivity contribution >= 4 is 22.8 Å². The molecule has 0 aliphatic rings. The maximum Gasteiger partial charge on any atom is 0.270 e. The van der Waals surface area contributed by atoms with E-state index >= 15 is 0 Å². The minimum atomic E-state index is -0.270. The molecule has 0 saturated carbocycles. The van der Waals surface area contributed by atoms with Gasteiger partial charge in [0.25, 0.3) is 5.91 Å². The SMILES string of the molecule is O=C(NCc1ccco1)c1ccnc(NCCc2c[nH]c3ccccc23)n1. The first-order chi connectivity index (χ1) is 13.3. The molecule has 1 aromatic carbocycles. The number of amides is 1. The maximum absolute atomic E-state index is 12.2. The Hall–Kier alpha value is -3.61. The van der Waals surface area contributed by atoms with Crippen molar-refractivity contribution in [1.29, 1.82) is 0 Å². The van der Waals surface area contributed by atoms with Crippen LogP contribution in [0.1, 0.15) is 21.8 Å². The second-order valence-electron chi connectivity index (χ2n) is 6.06. The van der Waals surface area contributed by atoms with Gasteiger partial charge in [0.2, 0.25) is 5.95 Å². The number of furan rings is 1. The Labute approximate surface area is 155 Å². The Bertz CT molecular complexity index is 1040. The van der Waals surface area contributed by atoms with Crippen molar-refractivity contribution in [2.24, 2.45) is 0 Å². The molecule has 3 N–H and O–H groups in total. The molecular formula is C20H19N5O2. The van der Waals surface area contributed by atoms with Gasteiger partial charge in [-0.25, -0.2) is 9.97 Å². The summed E-state index contributed by atoms with van der Waals surface area (Å²) in [5.41, 5.74) is 2.66. The van der Waals surface area contributed by atoms with Crippen molar-refractivity contribution in [2.75, 3.05) is 11.9 Å². The van der Waals surface area contributed by atoms with Crippen LogP contribution in [-0.4, -0.2) is 27.4 Å². The molecule has 0 atom stereocenters. The standard InChI is InChI=1S/C20H19N5O2/c26-19(24-13-15-4-3-11-27-15)18-8-10-22-20(25-18)21-9-7-14-12-23-17-6-2-1-5-16(14)17/h1-6,8,10-12,23H,7,9,13H2,(H,24,26)(H,21,22,25). The highest BCUT2D eigenvalue weighted by Gasteiger charge is 2.09. The number of para-hydroxylation sites is 1. The summed E-state index contributed by atoms with van der Waals surface area (Å²) >= 11 is 0. The molecule has 0 aliphatic carbocycles. The molecule has 7 nitrogen and oxygen atoms in total. The van der Waals surface area contributed by atoms with E-state index in [4.69, 9.17) is 4.42 Å². The highest BCUT2D eigenvalue weighted by atomic mass is 16.3. The molecule has 3 aromatic heterocycles. The van der Waals surface area contributed by atoms with Crippen LogP contribution in [0, 0.1) is 0 Å². The first-order valence-electron chi connectivity index (χ1n) is 8.72. The number of fused-ring (bicyclic) bond motifs is 1. The summed E-state index contributed by atoms with van der Waals surface area (Å²) in [6.45, 7) is 0.985. The second-order valence-corrected chi connectivity index (χ2v) is 6.06. The van der Waals surface area contributed by atoms with Crippen LogP contribution in [0.25, 0.3) is 10.9 Å². The van der Waals surface area contributed by atoms with E-state index in [-0.39, 0.29) is 5.91 Å². The lowest BCUT2D eigenvalue weighted by molar-refractivity contribution is 0.0943. The van der Waals surface area contributed by atoms with Crippen LogP contribution >= 0.6 is 0 Å². The molecule has 3 heterocycles. The van der Waals surface area contributed by atoms with E-state index in [0.717, 1.165) is 11.9 Å². The van der Waals surface area contributed by atoms with Gasteiger partial charge in [-0.05, 0) is 36.2 Å². The molecule has 27 heavy (non-hydrogen) atoms. The molecule has 7 heteroatoms. The normalized spacial score (nSPS) is 10.8. The zero-order chi connectivity index (χ0) is 18.5. The number of rotatable bonds is 7. The van der Waals surface area contributed by atoms with Crippen molar-refractivity contribution in [2.45, 2.75) is 13.0 Å². The number of hydrogen-bond acceptors (Lipinski definition) is 5. The number of aromatic amines is 1.